The number of nitrogens with zero attached hydrogens (tertiary/aromatic N) is 1. The topological polar surface area (TPSA) is 49.8 Å². The van der Waals surface area contributed by atoms with E-state index in [9.17, 15) is 9.90 Å². The predicted molar refractivity (Wildman–Crippen MR) is 80.6 cm³/mol. The highest BCUT2D eigenvalue weighted by atomic mass is 16.5. The number of aliphatic hydroxyl groups is 1. The van der Waals surface area contributed by atoms with Crippen molar-refractivity contribution in [1.29, 1.82) is 0 Å². The lowest BCUT2D eigenvalue weighted by atomic mass is 9.94. The van der Waals surface area contributed by atoms with E-state index in [-0.39, 0.29) is 17.9 Å². The third kappa shape index (κ3) is 2.42. The molecular formula is C17H23NO3. The van der Waals surface area contributed by atoms with Crippen LogP contribution >= 0.6 is 0 Å². The summed E-state index contributed by atoms with van der Waals surface area (Å²) in [5, 5.41) is 10.00. The van der Waals surface area contributed by atoms with E-state index >= 15 is 0 Å². The van der Waals surface area contributed by atoms with Crippen molar-refractivity contribution < 1.29 is 14.6 Å². The summed E-state index contributed by atoms with van der Waals surface area (Å²) in [5.74, 6) is 1.27. The van der Waals surface area contributed by atoms with Gasteiger partial charge in [-0.2, -0.15) is 0 Å². The summed E-state index contributed by atoms with van der Waals surface area (Å²) in [6, 6.07) is 5.79. The first-order valence-electron chi connectivity index (χ1n) is 7.76. The molecule has 4 heteroatoms. The number of amides is 1. The van der Waals surface area contributed by atoms with E-state index in [4.69, 9.17) is 4.74 Å². The largest absolute Gasteiger partial charge is 0.489 e. The SMILES string of the molecule is CC1CCN(C(=O)c2cccc3c2OC(C)C3C)CC1O. The number of fused-ring (bicyclic) bond motifs is 1. The minimum absolute atomic E-state index is 0.0286. The van der Waals surface area contributed by atoms with Gasteiger partial charge < -0.3 is 14.7 Å². The second-order valence-electron chi connectivity index (χ2n) is 6.42. The van der Waals surface area contributed by atoms with Gasteiger partial charge in [-0.1, -0.05) is 26.0 Å². The maximum atomic E-state index is 12.8. The summed E-state index contributed by atoms with van der Waals surface area (Å²) in [5.41, 5.74) is 1.74. The van der Waals surface area contributed by atoms with Gasteiger partial charge in [-0.15, -0.1) is 0 Å². The molecule has 114 valence electrons. The van der Waals surface area contributed by atoms with E-state index in [0.717, 1.165) is 17.7 Å². The number of carbonyl (C=O) groups excluding carboxylic acids is 1. The van der Waals surface area contributed by atoms with Crippen molar-refractivity contribution in [3.8, 4) is 5.75 Å². The summed E-state index contributed by atoms with van der Waals surface area (Å²) in [6.07, 6.45) is 0.509. The van der Waals surface area contributed by atoms with E-state index in [1.165, 1.54) is 0 Å². The van der Waals surface area contributed by atoms with Crippen LogP contribution in [0, 0.1) is 5.92 Å². The van der Waals surface area contributed by atoms with Gasteiger partial charge in [-0.25, -0.2) is 0 Å². The average Bonchev–Trinajstić information content (AvgIpc) is 2.77. The van der Waals surface area contributed by atoms with E-state index in [2.05, 4.69) is 6.92 Å². The summed E-state index contributed by atoms with van der Waals surface area (Å²) < 4.78 is 5.90. The number of piperidine rings is 1. The Labute approximate surface area is 125 Å². The minimum atomic E-state index is -0.432. The third-order valence-electron chi connectivity index (χ3n) is 4.98. The van der Waals surface area contributed by atoms with Gasteiger partial charge in [-0.05, 0) is 25.3 Å². The van der Waals surface area contributed by atoms with Gasteiger partial charge in [0.15, 0.2) is 0 Å². The van der Waals surface area contributed by atoms with Crippen molar-refractivity contribution in [1.82, 2.24) is 4.90 Å². The Morgan fingerprint density at radius 1 is 1.33 bits per heavy atom. The molecule has 21 heavy (non-hydrogen) atoms. The second-order valence-corrected chi connectivity index (χ2v) is 6.42. The van der Waals surface area contributed by atoms with Crippen molar-refractivity contribution in [3.05, 3.63) is 29.3 Å². The number of para-hydroxylation sites is 1. The zero-order valence-electron chi connectivity index (χ0n) is 12.9. The molecule has 1 fully saturated rings. The fourth-order valence-electron chi connectivity index (χ4n) is 3.16. The first-order valence-corrected chi connectivity index (χ1v) is 7.76. The highest BCUT2D eigenvalue weighted by molar-refractivity contribution is 5.97. The fraction of sp³-hybridized carbons (Fsp3) is 0.588. The average molecular weight is 289 g/mol. The molecule has 4 unspecified atom stereocenters. The van der Waals surface area contributed by atoms with Crippen LogP contribution in [0.3, 0.4) is 0 Å². The van der Waals surface area contributed by atoms with Crippen LogP contribution in [0.4, 0.5) is 0 Å². The zero-order valence-corrected chi connectivity index (χ0v) is 12.9. The highest BCUT2D eigenvalue weighted by Gasteiger charge is 2.34. The van der Waals surface area contributed by atoms with Crippen LogP contribution in [0.5, 0.6) is 5.75 Å². The van der Waals surface area contributed by atoms with Crippen LogP contribution in [0.15, 0.2) is 18.2 Å². The summed E-state index contributed by atoms with van der Waals surface area (Å²) >= 11 is 0. The molecule has 0 bridgehead atoms. The quantitative estimate of drug-likeness (QED) is 0.863. The Kier molecular flexibility index (Phi) is 3.66. The molecule has 3 rings (SSSR count). The molecule has 1 aromatic carbocycles. The lowest BCUT2D eigenvalue weighted by molar-refractivity contribution is 0.0246. The van der Waals surface area contributed by atoms with E-state index in [0.29, 0.717) is 24.6 Å². The number of hydrogen-bond donors (Lipinski definition) is 1. The Balaban J connectivity index is 1.87. The lowest BCUT2D eigenvalue weighted by Gasteiger charge is -2.34. The molecule has 0 aliphatic carbocycles. The van der Waals surface area contributed by atoms with Crippen LogP contribution in [-0.2, 0) is 0 Å². The molecule has 1 saturated heterocycles. The monoisotopic (exact) mass is 289 g/mol. The molecule has 0 radical (unpaired) electrons. The first kappa shape index (κ1) is 14.4. The highest BCUT2D eigenvalue weighted by Crippen LogP contribution is 2.40. The standard InChI is InChI=1S/C17H23NO3/c1-10-7-8-18(9-15(10)19)17(20)14-6-4-5-13-11(2)12(3)21-16(13)14/h4-6,10-12,15,19H,7-9H2,1-3H3. The summed E-state index contributed by atoms with van der Waals surface area (Å²) in [6.45, 7) is 7.29. The minimum Gasteiger partial charge on any atom is -0.489 e. The van der Waals surface area contributed by atoms with Gasteiger partial charge in [0.2, 0.25) is 0 Å². The van der Waals surface area contributed by atoms with Gasteiger partial charge in [0.05, 0.1) is 11.7 Å². The number of β-amino-alcohol motifs (C(OH)–C–C–N with tert-alkyl or cyclic N) is 1. The van der Waals surface area contributed by atoms with Crippen molar-refractivity contribution in [2.75, 3.05) is 13.1 Å². The molecule has 0 saturated carbocycles. The van der Waals surface area contributed by atoms with Crippen LogP contribution in [0.2, 0.25) is 0 Å². The van der Waals surface area contributed by atoms with Crippen molar-refractivity contribution in [2.24, 2.45) is 5.92 Å². The van der Waals surface area contributed by atoms with Gasteiger partial charge in [0.25, 0.3) is 5.91 Å². The second kappa shape index (κ2) is 5.34. The molecule has 2 heterocycles. The summed E-state index contributed by atoms with van der Waals surface area (Å²) in [4.78, 5) is 14.5. The fourth-order valence-corrected chi connectivity index (χ4v) is 3.16. The van der Waals surface area contributed by atoms with Crippen LogP contribution in [0.1, 0.15) is 49.0 Å². The number of benzene rings is 1. The molecule has 1 aromatic rings. The van der Waals surface area contributed by atoms with Gasteiger partial charge in [0, 0.05) is 24.6 Å². The van der Waals surface area contributed by atoms with E-state index in [1.807, 2.05) is 32.0 Å². The van der Waals surface area contributed by atoms with Crippen molar-refractivity contribution >= 4 is 5.91 Å². The van der Waals surface area contributed by atoms with Gasteiger partial charge in [0.1, 0.15) is 11.9 Å². The number of aliphatic hydroxyl groups excluding tert-OH is 1. The number of carbonyl (C=O) groups is 1. The normalized spacial score (nSPS) is 31.7. The van der Waals surface area contributed by atoms with Gasteiger partial charge in [-0.3, -0.25) is 4.79 Å². The van der Waals surface area contributed by atoms with Crippen LogP contribution in [0.25, 0.3) is 0 Å². The number of likely N-dealkylation sites (tertiary alicyclic amines) is 1. The van der Waals surface area contributed by atoms with Crippen LogP contribution in [-0.4, -0.2) is 41.2 Å². The molecule has 1 amide bonds. The summed E-state index contributed by atoms with van der Waals surface area (Å²) in [7, 11) is 0. The molecule has 0 spiro atoms. The maximum Gasteiger partial charge on any atom is 0.257 e. The molecule has 1 N–H and O–H groups in total. The van der Waals surface area contributed by atoms with E-state index < -0.39 is 6.10 Å². The molecule has 4 atom stereocenters. The Morgan fingerprint density at radius 3 is 2.81 bits per heavy atom. The molecule has 4 nitrogen and oxygen atoms in total. The van der Waals surface area contributed by atoms with Crippen LogP contribution < -0.4 is 4.74 Å². The molecular weight excluding hydrogens is 266 g/mol. The molecule has 0 aromatic heterocycles. The maximum absolute atomic E-state index is 12.8. The first-order chi connectivity index (χ1) is 9.99. The van der Waals surface area contributed by atoms with E-state index in [1.54, 1.807) is 4.90 Å². The van der Waals surface area contributed by atoms with Gasteiger partial charge >= 0.3 is 0 Å². The van der Waals surface area contributed by atoms with Crippen molar-refractivity contribution in [2.45, 2.75) is 45.3 Å². The number of hydrogen-bond acceptors (Lipinski definition) is 3. The third-order valence-corrected chi connectivity index (χ3v) is 4.98. The Morgan fingerprint density at radius 2 is 2.10 bits per heavy atom. The Hall–Kier alpha value is -1.55. The number of rotatable bonds is 1. The lowest BCUT2D eigenvalue weighted by Crippen LogP contribution is -2.45. The zero-order chi connectivity index (χ0) is 15.1. The molecule has 2 aliphatic rings. The van der Waals surface area contributed by atoms with Crippen molar-refractivity contribution in [3.63, 3.8) is 0 Å². The smallest absolute Gasteiger partial charge is 0.257 e. The molecule has 2 aliphatic heterocycles. The Bertz CT molecular complexity index is 557. The number of ether oxygens (including phenoxy) is 1. The predicted octanol–water partition coefficient (Wildman–Crippen LogP) is 2.41.